The molecule has 1 saturated heterocycles. The predicted molar refractivity (Wildman–Crippen MR) is 78.7 cm³/mol. The number of carbonyl (C=O) groups is 2. The van der Waals surface area contributed by atoms with Crippen molar-refractivity contribution >= 4 is 21.9 Å². The van der Waals surface area contributed by atoms with Gasteiger partial charge in [0.2, 0.25) is 15.9 Å². The molecule has 7 nitrogen and oxygen atoms in total. The number of carbonyl (C=O) groups excluding carboxylic acids is 1. The number of benzene rings is 1. The molecule has 0 bridgehead atoms. The van der Waals surface area contributed by atoms with E-state index in [0.29, 0.717) is 0 Å². The fourth-order valence-electron chi connectivity index (χ4n) is 2.27. The van der Waals surface area contributed by atoms with Gasteiger partial charge < -0.3 is 10.0 Å². The van der Waals surface area contributed by atoms with Crippen LogP contribution in [-0.4, -0.2) is 49.9 Å². The van der Waals surface area contributed by atoms with Crippen LogP contribution >= 0.6 is 0 Å². The maximum atomic E-state index is 12.1. The van der Waals surface area contributed by atoms with Gasteiger partial charge in [0.05, 0.1) is 10.8 Å². The summed E-state index contributed by atoms with van der Waals surface area (Å²) in [6, 6.07) is 6.43. The lowest BCUT2D eigenvalue weighted by Gasteiger charge is -2.16. The Kier molecular flexibility index (Phi) is 4.82. The number of hydrogen-bond donors (Lipinski definition) is 2. The van der Waals surface area contributed by atoms with Crippen molar-refractivity contribution in [2.75, 3.05) is 19.6 Å². The van der Waals surface area contributed by atoms with Crippen LogP contribution in [-0.2, 0) is 19.6 Å². The van der Waals surface area contributed by atoms with Gasteiger partial charge in [-0.05, 0) is 19.1 Å². The Morgan fingerprint density at radius 3 is 2.55 bits per heavy atom. The molecule has 2 N–H and O–H groups in total. The third kappa shape index (κ3) is 3.83. The van der Waals surface area contributed by atoms with E-state index in [9.17, 15) is 18.0 Å². The van der Waals surface area contributed by atoms with Gasteiger partial charge in [-0.2, -0.15) is 0 Å². The Balaban J connectivity index is 1.89. The molecule has 1 heterocycles. The number of nitrogens with one attached hydrogen (secondary N) is 1. The zero-order valence-corrected chi connectivity index (χ0v) is 13.0. The first kappa shape index (κ1) is 16.4. The molecule has 2 rings (SSSR count). The highest BCUT2D eigenvalue weighted by Crippen LogP contribution is 2.17. The minimum atomic E-state index is -3.62. The standard InChI is InChI=1S/C14H18N2O5S/c1-10-2-4-12(5-3-10)22(20,21)15-6-7-16-9-11(14(18)19)8-13(16)17/h2-5,11,15H,6-9H2,1H3,(H,18,19). The van der Waals surface area contributed by atoms with E-state index in [2.05, 4.69) is 4.72 Å². The summed E-state index contributed by atoms with van der Waals surface area (Å²) < 4.78 is 26.5. The van der Waals surface area contributed by atoms with Gasteiger partial charge in [-0.25, -0.2) is 13.1 Å². The quantitative estimate of drug-likeness (QED) is 0.777. The van der Waals surface area contributed by atoms with Crippen LogP contribution in [0.3, 0.4) is 0 Å². The van der Waals surface area contributed by atoms with E-state index >= 15 is 0 Å². The second kappa shape index (κ2) is 6.45. The van der Waals surface area contributed by atoms with Crippen LogP contribution in [0.2, 0.25) is 0 Å². The molecular weight excluding hydrogens is 308 g/mol. The van der Waals surface area contributed by atoms with E-state index in [-0.39, 0.29) is 36.9 Å². The van der Waals surface area contributed by atoms with Gasteiger partial charge in [-0.3, -0.25) is 9.59 Å². The average molecular weight is 326 g/mol. The number of carboxylic acids is 1. The van der Waals surface area contributed by atoms with Crippen molar-refractivity contribution in [2.45, 2.75) is 18.2 Å². The molecule has 0 spiro atoms. The van der Waals surface area contributed by atoms with E-state index in [4.69, 9.17) is 5.11 Å². The van der Waals surface area contributed by atoms with Gasteiger partial charge >= 0.3 is 5.97 Å². The van der Waals surface area contributed by atoms with Gasteiger partial charge in [0.25, 0.3) is 0 Å². The van der Waals surface area contributed by atoms with E-state index in [1.807, 2.05) is 6.92 Å². The van der Waals surface area contributed by atoms with Crippen LogP contribution < -0.4 is 4.72 Å². The van der Waals surface area contributed by atoms with Crippen LogP contribution in [0.15, 0.2) is 29.2 Å². The summed E-state index contributed by atoms with van der Waals surface area (Å²) in [5.41, 5.74) is 0.960. The summed E-state index contributed by atoms with van der Waals surface area (Å²) in [6.07, 6.45) is -0.0277. The zero-order valence-electron chi connectivity index (χ0n) is 12.2. The molecule has 1 fully saturated rings. The Labute approximate surface area is 129 Å². The van der Waals surface area contributed by atoms with E-state index in [1.54, 1.807) is 12.1 Å². The first-order valence-electron chi connectivity index (χ1n) is 6.86. The summed E-state index contributed by atoms with van der Waals surface area (Å²) in [6.45, 7) is 2.20. The van der Waals surface area contributed by atoms with Crippen LogP contribution in [0.5, 0.6) is 0 Å². The minimum absolute atomic E-state index is 0.0277. The Morgan fingerprint density at radius 2 is 2.00 bits per heavy atom. The van der Waals surface area contributed by atoms with Gasteiger partial charge in [0.1, 0.15) is 0 Å². The van der Waals surface area contributed by atoms with Crippen LogP contribution in [0, 0.1) is 12.8 Å². The number of amides is 1. The SMILES string of the molecule is Cc1ccc(S(=O)(=O)NCCN2CC(C(=O)O)CC2=O)cc1. The summed E-state index contributed by atoms with van der Waals surface area (Å²) >= 11 is 0. The summed E-state index contributed by atoms with van der Waals surface area (Å²) in [5.74, 6) is -1.97. The maximum Gasteiger partial charge on any atom is 0.308 e. The number of carboxylic acid groups (broad SMARTS) is 1. The Morgan fingerprint density at radius 1 is 1.36 bits per heavy atom. The highest BCUT2D eigenvalue weighted by molar-refractivity contribution is 7.89. The highest BCUT2D eigenvalue weighted by atomic mass is 32.2. The number of sulfonamides is 1. The molecule has 0 radical (unpaired) electrons. The predicted octanol–water partition coefficient (Wildman–Crippen LogP) is 0.206. The van der Waals surface area contributed by atoms with Crippen LogP contribution in [0.4, 0.5) is 0 Å². The number of aliphatic carboxylic acids is 1. The van der Waals surface area contributed by atoms with E-state index in [1.165, 1.54) is 17.0 Å². The van der Waals surface area contributed by atoms with Crippen LogP contribution in [0.1, 0.15) is 12.0 Å². The Hall–Kier alpha value is -1.93. The summed E-state index contributed by atoms with van der Waals surface area (Å²) in [5, 5.41) is 8.88. The molecule has 1 unspecified atom stereocenters. The fourth-order valence-corrected chi connectivity index (χ4v) is 3.29. The fraction of sp³-hybridized carbons (Fsp3) is 0.429. The molecule has 0 aromatic heterocycles. The zero-order chi connectivity index (χ0) is 16.3. The van der Waals surface area contributed by atoms with Crippen molar-refractivity contribution in [3.8, 4) is 0 Å². The lowest BCUT2D eigenvalue weighted by Crippen LogP contribution is -2.36. The van der Waals surface area contributed by atoms with Gasteiger partial charge in [0.15, 0.2) is 0 Å². The van der Waals surface area contributed by atoms with Crippen molar-refractivity contribution in [1.82, 2.24) is 9.62 Å². The molecule has 1 amide bonds. The van der Waals surface area contributed by atoms with Crippen molar-refractivity contribution in [2.24, 2.45) is 5.92 Å². The summed E-state index contributed by atoms with van der Waals surface area (Å²) in [7, 11) is -3.62. The van der Waals surface area contributed by atoms with Crippen molar-refractivity contribution in [1.29, 1.82) is 0 Å². The van der Waals surface area contributed by atoms with Gasteiger partial charge in [-0.1, -0.05) is 17.7 Å². The first-order valence-corrected chi connectivity index (χ1v) is 8.35. The van der Waals surface area contributed by atoms with Crippen molar-refractivity contribution in [3.05, 3.63) is 29.8 Å². The smallest absolute Gasteiger partial charge is 0.308 e. The van der Waals surface area contributed by atoms with E-state index < -0.39 is 21.9 Å². The third-order valence-electron chi connectivity index (χ3n) is 3.57. The number of aryl methyl sites for hydroxylation is 1. The topological polar surface area (TPSA) is 104 Å². The van der Waals surface area contributed by atoms with Gasteiger partial charge in [0, 0.05) is 26.1 Å². The molecule has 22 heavy (non-hydrogen) atoms. The Bertz CT molecular complexity index is 669. The molecule has 1 aromatic carbocycles. The molecule has 1 aromatic rings. The lowest BCUT2D eigenvalue weighted by atomic mass is 10.1. The maximum absolute atomic E-state index is 12.1. The van der Waals surface area contributed by atoms with Crippen molar-refractivity contribution in [3.63, 3.8) is 0 Å². The minimum Gasteiger partial charge on any atom is -0.481 e. The summed E-state index contributed by atoms with van der Waals surface area (Å²) in [4.78, 5) is 24.0. The number of hydrogen-bond acceptors (Lipinski definition) is 4. The lowest BCUT2D eigenvalue weighted by molar-refractivity contribution is -0.141. The van der Waals surface area contributed by atoms with Crippen LogP contribution in [0.25, 0.3) is 0 Å². The average Bonchev–Trinajstić information content (AvgIpc) is 2.81. The highest BCUT2D eigenvalue weighted by Gasteiger charge is 2.33. The number of likely N-dealkylation sites (tertiary alicyclic amines) is 1. The monoisotopic (exact) mass is 326 g/mol. The molecule has 0 saturated carbocycles. The van der Waals surface area contributed by atoms with Gasteiger partial charge in [-0.15, -0.1) is 0 Å². The molecule has 120 valence electrons. The molecule has 1 aliphatic heterocycles. The third-order valence-corrected chi connectivity index (χ3v) is 5.05. The second-order valence-corrected chi connectivity index (χ2v) is 7.06. The van der Waals surface area contributed by atoms with E-state index in [0.717, 1.165) is 5.56 Å². The molecule has 1 atom stereocenters. The first-order chi connectivity index (χ1) is 10.3. The molecule has 8 heteroatoms. The largest absolute Gasteiger partial charge is 0.481 e. The molecule has 1 aliphatic rings. The second-order valence-electron chi connectivity index (χ2n) is 5.29. The van der Waals surface area contributed by atoms with Crippen molar-refractivity contribution < 1.29 is 23.1 Å². The number of rotatable bonds is 6. The normalized spacial score (nSPS) is 18.7. The number of nitrogens with zero attached hydrogens (tertiary/aromatic N) is 1. The molecule has 0 aliphatic carbocycles. The molecular formula is C14H18N2O5S.